The Morgan fingerprint density at radius 2 is 1.97 bits per heavy atom. The average molecular weight is 459 g/mol. The van der Waals surface area contributed by atoms with Gasteiger partial charge in [0.05, 0.1) is 16.8 Å². The highest BCUT2D eigenvalue weighted by molar-refractivity contribution is 6.36. The van der Waals surface area contributed by atoms with Crippen molar-refractivity contribution >= 4 is 29.2 Å². The molecule has 1 fully saturated rings. The highest BCUT2D eigenvalue weighted by atomic mass is 19.1. The van der Waals surface area contributed by atoms with Crippen LogP contribution >= 0.6 is 0 Å². The number of amides is 2. The second kappa shape index (κ2) is 8.57. The molecular formula is C27H27FN4O2. The second-order valence-electron chi connectivity index (χ2n) is 9.19. The molecule has 0 unspecified atom stereocenters. The zero-order chi connectivity index (χ0) is 24.0. The van der Waals surface area contributed by atoms with Gasteiger partial charge in [-0.05, 0) is 68.9 Å². The molecule has 0 bridgehead atoms. The number of halogens is 1. The number of carbonyl (C=O) groups excluding carboxylic acids is 2. The molecule has 0 aliphatic carbocycles. The minimum Gasteiger partial charge on any atom is -0.358 e. The summed E-state index contributed by atoms with van der Waals surface area (Å²) >= 11 is 0. The number of nitrogens with one attached hydrogen (secondary N) is 2. The number of rotatable bonds is 4. The van der Waals surface area contributed by atoms with Crippen LogP contribution in [0.5, 0.6) is 0 Å². The number of carbonyl (C=O) groups is 2. The molecule has 0 saturated carbocycles. The number of likely N-dealkylation sites (tertiary alicyclic amines) is 1. The van der Waals surface area contributed by atoms with Gasteiger partial charge in [-0.3, -0.25) is 9.59 Å². The smallest absolute Gasteiger partial charge is 0.256 e. The van der Waals surface area contributed by atoms with Crippen LogP contribution in [0.1, 0.15) is 33.7 Å². The number of nitrogens with zero attached hydrogens (tertiary/aromatic N) is 2. The Hall–Kier alpha value is -3.71. The summed E-state index contributed by atoms with van der Waals surface area (Å²) in [6.07, 6.45) is 2.68. The molecule has 7 heteroatoms. The highest BCUT2D eigenvalue weighted by Gasteiger charge is 2.31. The number of hydrogen-bond donors (Lipinski definition) is 2. The molecule has 2 aromatic carbocycles. The third-order valence-corrected chi connectivity index (χ3v) is 6.65. The molecule has 0 spiro atoms. The van der Waals surface area contributed by atoms with Gasteiger partial charge in [0, 0.05) is 36.1 Å². The standard InChI is InChI=1S/C27H27FN4O2/c1-16-12-21(27(34)32-11-10-19(15-32)31(2)3)24(29-16)14-22-25-20(17-6-4-7-18(28)13-17)8-5-9-23(25)30-26(22)33/h4-9,12-14,19,29H,10-11,15H2,1-3H3,(H,30,33)/b22-14-/t19-/m1/s1. The number of fused-ring (bicyclic) bond motifs is 1. The fourth-order valence-corrected chi connectivity index (χ4v) is 4.85. The maximum atomic E-state index is 13.9. The quantitative estimate of drug-likeness (QED) is 0.570. The van der Waals surface area contributed by atoms with Gasteiger partial charge in [-0.2, -0.15) is 0 Å². The largest absolute Gasteiger partial charge is 0.358 e. The van der Waals surface area contributed by atoms with E-state index in [1.165, 1.54) is 12.1 Å². The van der Waals surface area contributed by atoms with Crippen molar-refractivity contribution in [2.45, 2.75) is 19.4 Å². The molecule has 2 N–H and O–H groups in total. The molecule has 1 aromatic heterocycles. The predicted molar refractivity (Wildman–Crippen MR) is 132 cm³/mol. The first-order valence-electron chi connectivity index (χ1n) is 11.4. The van der Waals surface area contributed by atoms with Gasteiger partial charge < -0.3 is 20.1 Å². The van der Waals surface area contributed by atoms with E-state index in [0.717, 1.165) is 17.7 Å². The van der Waals surface area contributed by atoms with Crippen molar-refractivity contribution in [1.82, 2.24) is 14.8 Å². The molecule has 0 radical (unpaired) electrons. The van der Waals surface area contributed by atoms with Crippen molar-refractivity contribution in [3.8, 4) is 11.1 Å². The molecule has 3 aromatic rings. The number of anilines is 1. The van der Waals surface area contributed by atoms with Crippen LogP contribution in [0.4, 0.5) is 10.1 Å². The number of H-pyrrole nitrogens is 1. The van der Waals surface area contributed by atoms with Gasteiger partial charge in [-0.25, -0.2) is 4.39 Å². The molecule has 6 nitrogen and oxygen atoms in total. The van der Waals surface area contributed by atoms with E-state index < -0.39 is 0 Å². The number of aromatic nitrogens is 1. The predicted octanol–water partition coefficient (Wildman–Crippen LogP) is 4.40. The van der Waals surface area contributed by atoms with Gasteiger partial charge >= 0.3 is 0 Å². The van der Waals surface area contributed by atoms with Gasteiger partial charge in [-0.1, -0.05) is 24.3 Å². The van der Waals surface area contributed by atoms with E-state index in [1.54, 1.807) is 12.1 Å². The van der Waals surface area contributed by atoms with E-state index in [1.807, 2.05) is 56.3 Å². The Morgan fingerprint density at radius 1 is 1.18 bits per heavy atom. The van der Waals surface area contributed by atoms with Crippen LogP contribution in [-0.2, 0) is 4.79 Å². The summed E-state index contributed by atoms with van der Waals surface area (Å²) in [4.78, 5) is 33.6. The molecule has 2 aliphatic heterocycles. The summed E-state index contributed by atoms with van der Waals surface area (Å²) < 4.78 is 13.9. The Labute approximate surface area is 198 Å². The maximum Gasteiger partial charge on any atom is 0.256 e. The van der Waals surface area contributed by atoms with Gasteiger partial charge in [0.25, 0.3) is 11.8 Å². The van der Waals surface area contributed by atoms with Crippen molar-refractivity contribution in [1.29, 1.82) is 0 Å². The van der Waals surface area contributed by atoms with Crippen LogP contribution in [0.3, 0.4) is 0 Å². The summed E-state index contributed by atoms with van der Waals surface area (Å²) in [5.41, 5.74) is 5.25. The van der Waals surface area contributed by atoms with Crippen molar-refractivity contribution in [3.63, 3.8) is 0 Å². The van der Waals surface area contributed by atoms with Crippen LogP contribution in [0.15, 0.2) is 48.5 Å². The van der Waals surface area contributed by atoms with E-state index >= 15 is 0 Å². The molecule has 174 valence electrons. The van der Waals surface area contributed by atoms with Gasteiger partial charge in [-0.15, -0.1) is 0 Å². The Morgan fingerprint density at radius 3 is 2.71 bits per heavy atom. The molecule has 1 atom stereocenters. The van der Waals surface area contributed by atoms with E-state index in [2.05, 4.69) is 15.2 Å². The SMILES string of the molecule is Cc1cc(C(=O)N2CC[C@@H](N(C)C)C2)c(/C=C2\C(=O)Nc3cccc(-c4cccc(F)c4)c32)[nH]1. The van der Waals surface area contributed by atoms with Crippen molar-refractivity contribution in [2.75, 3.05) is 32.5 Å². The van der Waals surface area contributed by atoms with E-state index in [4.69, 9.17) is 0 Å². The summed E-state index contributed by atoms with van der Waals surface area (Å²) in [5.74, 6) is -0.636. The van der Waals surface area contributed by atoms with Gasteiger partial charge in [0.2, 0.25) is 0 Å². The summed E-state index contributed by atoms with van der Waals surface area (Å²) in [6.45, 7) is 3.28. The maximum absolute atomic E-state index is 13.9. The highest BCUT2D eigenvalue weighted by Crippen LogP contribution is 2.40. The fourth-order valence-electron chi connectivity index (χ4n) is 4.85. The van der Waals surface area contributed by atoms with Crippen LogP contribution in [0.2, 0.25) is 0 Å². The summed E-state index contributed by atoms with van der Waals surface area (Å²) in [7, 11) is 4.06. The molecule has 1 saturated heterocycles. The normalized spacial score (nSPS) is 18.6. The lowest BCUT2D eigenvalue weighted by Crippen LogP contribution is -2.34. The summed E-state index contributed by atoms with van der Waals surface area (Å²) in [5, 5.41) is 2.91. The van der Waals surface area contributed by atoms with Crippen LogP contribution in [0, 0.1) is 12.7 Å². The van der Waals surface area contributed by atoms with Crippen LogP contribution in [0.25, 0.3) is 22.8 Å². The lowest BCUT2D eigenvalue weighted by molar-refractivity contribution is -0.110. The minimum absolute atomic E-state index is 0.0439. The number of hydrogen-bond acceptors (Lipinski definition) is 3. The number of likely N-dealkylation sites (N-methyl/N-ethyl adjacent to an activating group) is 1. The third-order valence-electron chi connectivity index (χ3n) is 6.65. The van der Waals surface area contributed by atoms with E-state index in [-0.39, 0.29) is 17.6 Å². The monoisotopic (exact) mass is 458 g/mol. The topological polar surface area (TPSA) is 68.4 Å². The van der Waals surface area contributed by atoms with E-state index in [0.29, 0.717) is 52.8 Å². The third kappa shape index (κ3) is 3.92. The zero-order valence-electron chi connectivity index (χ0n) is 19.5. The van der Waals surface area contributed by atoms with Crippen LogP contribution < -0.4 is 5.32 Å². The van der Waals surface area contributed by atoms with Crippen molar-refractivity contribution in [3.05, 3.63) is 76.9 Å². The Bertz CT molecular complexity index is 1320. The number of benzene rings is 2. The zero-order valence-corrected chi connectivity index (χ0v) is 19.5. The lowest BCUT2D eigenvalue weighted by atomic mass is 9.94. The first kappa shape index (κ1) is 22.1. The summed E-state index contributed by atoms with van der Waals surface area (Å²) in [6, 6.07) is 14.0. The van der Waals surface area contributed by atoms with Crippen LogP contribution in [-0.4, -0.2) is 59.8 Å². The molecule has 34 heavy (non-hydrogen) atoms. The van der Waals surface area contributed by atoms with Gasteiger partial charge in [0.1, 0.15) is 5.82 Å². The minimum atomic E-state index is -0.340. The number of aryl methyl sites for hydroxylation is 1. The lowest BCUT2D eigenvalue weighted by Gasteiger charge is -2.20. The molecule has 2 aliphatic rings. The Kier molecular flexibility index (Phi) is 5.57. The molecule has 5 rings (SSSR count). The molecular weight excluding hydrogens is 431 g/mol. The van der Waals surface area contributed by atoms with Gasteiger partial charge in [0.15, 0.2) is 0 Å². The van der Waals surface area contributed by atoms with Crippen molar-refractivity contribution < 1.29 is 14.0 Å². The Balaban J connectivity index is 1.56. The molecule has 2 amide bonds. The first-order chi connectivity index (χ1) is 16.3. The first-order valence-corrected chi connectivity index (χ1v) is 11.4. The average Bonchev–Trinajstić information content (AvgIpc) is 3.51. The fraction of sp³-hybridized carbons (Fsp3) is 0.259. The molecule has 3 heterocycles. The second-order valence-corrected chi connectivity index (χ2v) is 9.19. The van der Waals surface area contributed by atoms with Crippen molar-refractivity contribution in [2.24, 2.45) is 0 Å². The van der Waals surface area contributed by atoms with E-state index in [9.17, 15) is 14.0 Å². The number of aromatic amines is 1.